The van der Waals surface area contributed by atoms with E-state index in [1.54, 1.807) is 24.3 Å². The molecule has 2 aromatic carbocycles. The summed E-state index contributed by atoms with van der Waals surface area (Å²) >= 11 is 0. The van der Waals surface area contributed by atoms with Crippen LogP contribution in [0.25, 0.3) is 10.9 Å². The summed E-state index contributed by atoms with van der Waals surface area (Å²) in [5.74, 6) is -0.983. The van der Waals surface area contributed by atoms with Gasteiger partial charge >= 0.3 is 0 Å². The van der Waals surface area contributed by atoms with E-state index in [2.05, 4.69) is 5.32 Å². The molecule has 136 valence electrons. The molecular formula is C21H19N3O3. The van der Waals surface area contributed by atoms with E-state index in [1.165, 1.54) is 4.57 Å². The Morgan fingerprint density at radius 1 is 1.19 bits per heavy atom. The number of benzene rings is 2. The van der Waals surface area contributed by atoms with Crippen LogP contribution in [0.5, 0.6) is 5.75 Å². The Bertz CT molecular complexity index is 1110. The number of hydrogen-bond acceptors (Lipinski definition) is 4. The second-order valence-electron chi connectivity index (χ2n) is 6.21. The van der Waals surface area contributed by atoms with Crippen LogP contribution in [0.3, 0.4) is 0 Å². The second kappa shape index (κ2) is 7.75. The maximum Gasteiger partial charge on any atom is 0.267 e. The molecule has 1 amide bonds. The van der Waals surface area contributed by atoms with Crippen molar-refractivity contribution < 1.29 is 9.90 Å². The molecule has 0 radical (unpaired) electrons. The van der Waals surface area contributed by atoms with Crippen molar-refractivity contribution >= 4 is 16.8 Å². The van der Waals surface area contributed by atoms with Crippen LogP contribution in [0.4, 0.5) is 0 Å². The molecule has 0 saturated carbocycles. The number of nitrogens with one attached hydrogen (secondary N) is 1. The zero-order chi connectivity index (χ0) is 19.4. The molecule has 3 rings (SSSR count). The Morgan fingerprint density at radius 2 is 1.89 bits per heavy atom. The number of carbonyl (C=O) groups excluding carboxylic acids is 1. The number of para-hydroxylation sites is 1. The lowest BCUT2D eigenvalue weighted by Gasteiger charge is -2.14. The van der Waals surface area contributed by atoms with E-state index in [-0.39, 0.29) is 30.8 Å². The maximum absolute atomic E-state index is 12.9. The van der Waals surface area contributed by atoms with Crippen LogP contribution in [-0.4, -0.2) is 15.6 Å². The lowest BCUT2D eigenvalue weighted by atomic mass is 10.1. The molecule has 27 heavy (non-hydrogen) atoms. The Balaban J connectivity index is 2.03. The van der Waals surface area contributed by atoms with Gasteiger partial charge in [0, 0.05) is 18.5 Å². The molecule has 0 unspecified atom stereocenters. The average Bonchev–Trinajstić information content (AvgIpc) is 2.67. The maximum atomic E-state index is 12.9. The Labute approximate surface area is 156 Å². The van der Waals surface area contributed by atoms with Gasteiger partial charge in [0.25, 0.3) is 11.5 Å². The standard InChI is InChI=1S/C21H19N3O3/c1-14-7-2-3-8-15(14)13-23-20(26)18-19(25)16-9-4-5-10-17(16)24(21(18)27)12-6-11-22/h2-5,7-10,25H,6,12-13H2,1H3,(H,23,26). The highest BCUT2D eigenvalue weighted by Gasteiger charge is 2.22. The minimum Gasteiger partial charge on any atom is -0.506 e. The van der Waals surface area contributed by atoms with E-state index in [1.807, 2.05) is 37.3 Å². The summed E-state index contributed by atoms with van der Waals surface area (Å²) in [6.07, 6.45) is 0.124. The van der Waals surface area contributed by atoms with Crippen LogP contribution in [-0.2, 0) is 13.1 Å². The summed E-state index contributed by atoms with van der Waals surface area (Å²) in [7, 11) is 0. The zero-order valence-electron chi connectivity index (χ0n) is 14.9. The fraction of sp³-hybridized carbons (Fsp3) is 0.190. The van der Waals surface area contributed by atoms with Gasteiger partial charge in [0.2, 0.25) is 0 Å². The van der Waals surface area contributed by atoms with Crippen molar-refractivity contribution in [3.05, 3.63) is 75.6 Å². The van der Waals surface area contributed by atoms with Crippen LogP contribution >= 0.6 is 0 Å². The van der Waals surface area contributed by atoms with E-state index in [4.69, 9.17) is 5.26 Å². The van der Waals surface area contributed by atoms with Crippen molar-refractivity contribution in [2.24, 2.45) is 0 Å². The molecule has 6 nitrogen and oxygen atoms in total. The molecule has 6 heteroatoms. The molecule has 0 aliphatic heterocycles. The van der Waals surface area contributed by atoms with E-state index >= 15 is 0 Å². The van der Waals surface area contributed by atoms with Gasteiger partial charge in [0.1, 0.15) is 11.3 Å². The van der Waals surface area contributed by atoms with Crippen molar-refractivity contribution in [2.75, 3.05) is 0 Å². The van der Waals surface area contributed by atoms with E-state index in [9.17, 15) is 14.7 Å². The van der Waals surface area contributed by atoms with Crippen LogP contribution in [0.1, 0.15) is 27.9 Å². The number of carbonyl (C=O) groups is 1. The fourth-order valence-corrected chi connectivity index (χ4v) is 3.05. The van der Waals surface area contributed by atoms with E-state index < -0.39 is 11.5 Å². The van der Waals surface area contributed by atoms with Crippen molar-refractivity contribution in [1.82, 2.24) is 9.88 Å². The molecule has 0 aliphatic rings. The van der Waals surface area contributed by atoms with Gasteiger partial charge in [-0.05, 0) is 30.2 Å². The van der Waals surface area contributed by atoms with Crippen molar-refractivity contribution in [1.29, 1.82) is 5.26 Å². The third-order valence-corrected chi connectivity index (χ3v) is 4.52. The summed E-state index contributed by atoms with van der Waals surface area (Å²) < 4.78 is 1.36. The molecule has 1 aromatic heterocycles. The molecule has 1 heterocycles. The van der Waals surface area contributed by atoms with Gasteiger partial charge in [-0.3, -0.25) is 9.59 Å². The van der Waals surface area contributed by atoms with Crippen LogP contribution < -0.4 is 10.9 Å². The van der Waals surface area contributed by atoms with Gasteiger partial charge in [-0.15, -0.1) is 0 Å². The number of aromatic hydroxyl groups is 1. The number of aryl methyl sites for hydroxylation is 2. The Kier molecular flexibility index (Phi) is 5.23. The number of amides is 1. The Morgan fingerprint density at radius 3 is 2.63 bits per heavy atom. The van der Waals surface area contributed by atoms with E-state index in [0.717, 1.165) is 11.1 Å². The first kappa shape index (κ1) is 18.2. The third-order valence-electron chi connectivity index (χ3n) is 4.52. The largest absolute Gasteiger partial charge is 0.506 e. The predicted molar refractivity (Wildman–Crippen MR) is 102 cm³/mol. The highest BCUT2D eigenvalue weighted by atomic mass is 16.3. The number of hydrogen-bond donors (Lipinski definition) is 2. The quantitative estimate of drug-likeness (QED) is 0.730. The summed E-state index contributed by atoms with van der Waals surface area (Å²) in [4.78, 5) is 25.6. The number of pyridine rings is 1. The number of fused-ring (bicyclic) bond motifs is 1. The van der Waals surface area contributed by atoms with Gasteiger partial charge < -0.3 is 15.0 Å². The van der Waals surface area contributed by atoms with E-state index in [0.29, 0.717) is 10.9 Å². The number of rotatable bonds is 5. The molecular weight excluding hydrogens is 342 g/mol. The SMILES string of the molecule is Cc1ccccc1CNC(=O)c1c(O)c2ccccc2n(CCC#N)c1=O. The lowest BCUT2D eigenvalue weighted by molar-refractivity contribution is 0.0946. The normalized spacial score (nSPS) is 10.5. The first-order chi connectivity index (χ1) is 13.0. The highest BCUT2D eigenvalue weighted by Crippen LogP contribution is 2.26. The number of aromatic nitrogens is 1. The first-order valence-corrected chi connectivity index (χ1v) is 8.58. The predicted octanol–water partition coefficient (Wildman–Crippen LogP) is 2.86. The fourth-order valence-electron chi connectivity index (χ4n) is 3.05. The topological polar surface area (TPSA) is 95.1 Å². The van der Waals surface area contributed by atoms with Crippen molar-refractivity contribution in [2.45, 2.75) is 26.4 Å². The van der Waals surface area contributed by atoms with Gasteiger partial charge in [-0.1, -0.05) is 36.4 Å². The lowest BCUT2D eigenvalue weighted by Crippen LogP contribution is -2.33. The highest BCUT2D eigenvalue weighted by molar-refractivity contribution is 6.02. The number of nitriles is 1. The van der Waals surface area contributed by atoms with Crippen molar-refractivity contribution in [3.8, 4) is 11.8 Å². The minimum atomic E-state index is -0.641. The van der Waals surface area contributed by atoms with Gasteiger partial charge in [0.05, 0.1) is 18.0 Å². The summed E-state index contributed by atoms with van der Waals surface area (Å²) in [5, 5.41) is 22.5. The first-order valence-electron chi connectivity index (χ1n) is 8.58. The molecule has 0 saturated heterocycles. The van der Waals surface area contributed by atoms with Gasteiger partial charge in [0.15, 0.2) is 0 Å². The zero-order valence-corrected chi connectivity index (χ0v) is 14.9. The Hall–Kier alpha value is -3.59. The summed E-state index contributed by atoms with van der Waals surface area (Å²) in [6.45, 7) is 2.33. The molecule has 0 atom stereocenters. The van der Waals surface area contributed by atoms with Crippen molar-refractivity contribution in [3.63, 3.8) is 0 Å². The van der Waals surface area contributed by atoms with Crippen LogP contribution in [0.2, 0.25) is 0 Å². The monoisotopic (exact) mass is 361 g/mol. The number of nitrogens with zero attached hydrogens (tertiary/aromatic N) is 2. The summed E-state index contributed by atoms with van der Waals surface area (Å²) in [6, 6.07) is 16.4. The molecule has 0 fully saturated rings. The summed E-state index contributed by atoms with van der Waals surface area (Å²) in [5.41, 5.74) is 1.53. The molecule has 0 aliphatic carbocycles. The minimum absolute atomic E-state index is 0.124. The average molecular weight is 361 g/mol. The van der Waals surface area contributed by atoms with Crippen LogP contribution in [0.15, 0.2) is 53.3 Å². The molecule has 2 N–H and O–H groups in total. The third kappa shape index (κ3) is 3.53. The second-order valence-corrected chi connectivity index (χ2v) is 6.21. The molecule has 0 bridgehead atoms. The van der Waals surface area contributed by atoms with Gasteiger partial charge in [-0.2, -0.15) is 5.26 Å². The smallest absolute Gasteiger partial charge is 0.267 e. The molecule has 3 aromatic rings. The van der Waals surface area contributed by atoms with Crippen LogP contribution in [0, 0.1) is 18.3 Å². The molecule has 0 spiro atoms. The van der Waals surface area contributed by atoms with Gasteiger partial charge in [-0.25, -0.2) is 0 Å².